The van der Waals surface area contributed by atoms with E-state index in [0.29, 0.717) is 12.0 Å². The van der Waals surface area contributed by atoms with Crippen molar-refractivity contribution in [2.45, 2.75) is 32.7 Å². The van der Waals surface area contributed by atoms with Gasteiger partial charge < -0.3 is 9.80 Å². The molecule has 0 bridgehead atoms. The van der Waals surface area contributed by atoms with Crippen LogP contribution in [0, 0.1) is 5.92 Å². The van der Waals surface area contributed by atoms with Crippen LogP contribution in [0.1, 0.15) is 26.7 Å². The first-order chi connectivity index (χ1) is 6.52. The standard InChI is InChI=1S/C12H24N2/c1-10(2)14-8-6-12(7-9-14)11(3)13(4)5/h10,12H,3,6-9H2,1-2,4-5H3. The van der Waals surface area contributed by atoms with Crippen LogP contribution < -0.4 is 0 Å². The molecule has 0 unspecified atom stereocenters. The molecule has 1 aliphatic heterocycles. The first-order valence-corrected chi connectivity index (χ1v) is 5.62. The first-order valence-electron chi connectivity index (χ1n) is 5.62. The van der Waals surface area contributed by atoms with E-state index in [0.717, 1.165) is 0 Å². The number of hydrogen-bond donors (Lipinski definition) is 0. The van der Waals surface area contributed by atoms with Gasteiger partial charge in [0.05, 0.1) is 0 Å². The van der Waals surface area contributed by atoms with E-state index in [1.165, 1.54) is 31.6 Å². The topological polar surface area (TPSA) is 6.48 Å². The van der Waals surface area contributed by atoms with Gasteiger partial charge in [-0.2, -0.15) is 0 Å². The highest BCUT2D eigenvalue weighted by atomic mass is 15.2. The molecule has 1 fully saturated rings. The highest BCUT2D eigenvalue weighted by molar-refractivity contribution is 5.00. The zero-order valence-corrected chi connectivity index (χ0v) is 10.1. The zero-order chi connectivity index (χ0) is 10.7. The summed E-state index contributed by atoms with van der Waals surface area (Å²) in [4.78, 5) is 4.72. The molecule has 0 saturated carbocycles. The van der Waals surface area contributed by atoms with Gasteiger partial charge >= 0.3 is 0 Å². The van der Waals surface area contributed by atoms with Gasteiger partial charge in [-0.15, -0.1) is 0 Å². The second-order valence-corrected chi connectivity index (χ2v) is 4.79. The van der Waals surface area contributed by atoms with E-state index in [1.807, 2.05) is 0 Å². The van der Waals surface area contributed by atoms with Crippen molar-refractivity contribution in [2.24, 2.45) is 5.92 Å². The molecule has 1 heterocycles. The Hall–Kier alpha value is -0.500. The first kappa shape index (κ1) is 11.6. The summed E-state index contributed by atoms with van der Waals surface area (Å²) >= 11 is 0. The van der Waals surface area contributed by atoms with Gasteiger partial charge in [0, 0.05) is 31.8 Å². The number of likely N-dealkylation sites (tertiary alicyclic amines) is 1. The predicted molar refractivity (Wildman–Crippen MR) is 62.3 cm³/mol. The highest BCUT2D eigenvalue weighted by Crippen LogP contribution is 2.25. The fourth-order valence-corrected chi connectivity index (χ4v) is 2.11. The van der Waals surface area contributed by atoms with Gasteiger partial charge in [-0.3, -0.25) is 0 Å². The fraction of sp³-hybridized carbons (Fsp3) is 0.833. The second kappa shape index (κ2) is 4.83. The summed E-state index contributed by atoms with van der Waals surface area (Å²) in [5.74, 6) is 0.708. The molecule has 2 heteroatoms. The minimum Gasteiger partial charge on any atom is -0.381 e. The third-order valence-electron chi connectivity index (χ3n) is 3.31. The van der Waals surface area contributed by atoms with Crippen LogP contribution >= 0.6 is 0 Å². The molecular formula is C12H24N2. The van der Waals surface area contributed by atoms with Crippen LogP contribution in [0.3, 0.4) is 0 Å². The van der Waals surface area contributed by atoms with Gasteiger partial charge in [0.15, 0.2) is 0 Å². The largest absolute Gasteiger partial charge is 0.381 e. The normalized spacial score (nSPS) is 20.1. The number of hydrogen-bond acceptors (Lipinski definition) is 2. The van der Waals surface area contributed by atoms with Crippen molar-refractivity contribution in [3.8, 4) is 0 Å². The van der Waals surface area contributed by atoms with Crippen LogP contribution in [0.4, 0.5) is 0 Å². The van der Waals surface area contributed by atoms with E-state index < -0.39 is 0 Å². The average Bonchev–Trinajstić information content (AvgIpc) is 2.16. The molecule has 0 aromatic carbocycles. The summed E-state index contributed by atoms with van der Waals surface area (Å²) in [5, 5.41) is 0. The Balaban J connectivity index is 2.39. The molecule has 0 aromatic rings. The molecule has 1 aliphatic rings. The molecular weight excluding hydrogens is 172 g/mol. The molecule has 0 aliphatic carbocycles. The lowest BCUT2D eigenvalue weighted by Gasteiger charge is -2.36. The Bertz CT molecular complexity index is 188. The predicted octanol–water partition coefficient (Wildman–Crippen LogP) is 2.18. The Kier molecular flexibility index (Phi) is 3.99. The van der Waals surface area contributed by atoms with Gasteiger partial charge in [0.1, 0.15) is 0 Å². The third kappa shape index (κ3) is 2.74. The molecule has 14 heavy (non-hydrogen) atoms. The smallest absolute Gasteiger partial charge is 0.00869 e. The van der Waals surface area contributed by atoms with Gasteiger partial charge in [-0.05, 0) is 39.8 Å². The summed E-state index contributed by atoms with van der Waals surface area (Å²) in [5.41, 5.74) is 1.30. The Morgan fingerprint density at radius 3 is 2.14 bits per heavy atom. The van der Waals surface area contributed by atoms with Gasteiger partial charge in [-0.25, -0.2) is 0 Å². The zero-order valence-electron chi connectivity index (χ0n) is 10.1. The minimum absolute atomic E-state index is 0.698. The maximum absolute atomic E-state index is 4.16. The number of allylic oxidation sites excluding steroid dienone is 1. The second-order valence-electron chi connectivity index (χ2n) is 4.79. The summed E-state index contributed by atoms with van der Waals surface area (Å²) in [6.07, 6.45) is 2.55. The van der Waals surface area contributed by atoms with Crippen LogP contribution in [0.15, 0.2) is 12.3 Å². The van der Waals surface area contributed by atoms with Crippen LogP contribution in [0.5, 0.6) is 0 Å². The molecule has 0 radical (unpaired) electrons. The van der Waals surface area contributed by atoms with Gasteiger partial charge in [0.2, 0.25) is 0 Å². The van der Waals surface area contributed by atoms with Crippen molar-refractivity contribution < 1.29 is 0 Å². The van der Waals surface area contributed by atoms with Gasteiger partial charge in [-0.1, -0.05) is 6.58 Å². The lowest BCUT2D eigenvalue weighted by Crippen LogP contribution is -2.39. The van der Waals surface area contributed by atoms with Gasteiger partial charge in [0.25, 0.3) is 0 Å². The van der Waals surface area contributed by atoms with E-state index in [2.05, 4.69) is 44.3 Å². The summed E-state index contributed by atoms with van der Waals surface area (Å²) < 4.78 is 0. The third-order valence-corrected chi connectivity index (χ3v) is 3.31. The molecule has 0 N–H and O–H groups in total. The van der Waals surface area contributed by atoms with E-state index in [-0.39, 0.29) is 0 Å². The molecule has 0 atom stereocenters. The van der Waals surface area contributed by atoms with E-state index in [9.17, 15) is 0 Å². The average molecular weight is 196 g/mol. The lowest BCUT2D eigenvalue weighted by molar-refractivity contribution is 0.152. The summed E-state index contributed by atoms with van der Waals surface area (Å²) in [6, 6.07) is 0.698. The highest BCUT2D eigenvalue weighted by Gasteiger charge is 2.23. The molecule has 1 saturated heterocycles. The van der Waals surface area contributed by atoms with Crippen LogP contribution in [-0.2, 0) is 0 Å². The Morgan fingerprint density at radius 2 is 1.79 bits per heavy atom. The minimum atomic E-state index is 0.698. The van der Waals surface area contributed by atoms with Crippen molar-refractivity contribution in [3.63, 3.8) is 0 Å². The van der Waals surface area contributed by atoms with Crippen LogP contribution in [-0.4, -0.2) is 43.0 Å². The van der Waals surface area contributed by atoms with Crippen molar-refractivity contribution >= 4 is 0 Å². The lowest BCUT2D eigenvalue weighted by atomic mass is 9.93. The van der Waals surface area contributed by atoms with E-state index >= 15 is 0 Å². The van der Waals surface area contributed by atoms with E-state index in [1.54, 1.807) is 0 Å². The monoisotopic (exact) mass is 196 g/mol. The fourth-order valence-electron chi connectivity index (χ4n) is 2.11. The van der Waals surface area contributed by atoms with Crippen LogP contribution in [0.25, 0.3) is 0 Å². The molecule has 82 valence electrons. The Morgan fingerprint density at radius 1 is 1.29 bits per heavy atom. The molecule has 1 rings (SSSR count). The quantitative estimate of drug-likeness (QED) is 0.682. The Labute approximate surface area is 88.6 Å². The number of rotatable bonds is 3. The van der Waals surface area contributed by atoms with Crippen molar-refractivity contribution in [1.29, 1.82) is 0 Å². The molecule has 0 amide bonds. The van der Waals surface area contributed by atoms with Crippen molar-refractivity contribution in [1.82, 2.24) is 9.80 Å². The number of nitrogens with zero attached hydrogens (tertiary/aromatic N) is 2. The molecule has 0 aromatic heterocycles. The van der Waals surface area contributed by atoms with E-state index in [4.69, 9.17) is 0 Å². The summed E-state index contributed by atoms with van der Waals surface area (Å²) in [6.45, 7) is 11.2. The molecule has 0 spiro atoms. The SMILES string of the molecule is C=C(C1CCN(C(C)C)CC1)N(C)C. The van der Waals surface area contributed by atoms with Crippen LogP contribution in [0.2, 0.25) is 0 Å². The van der Waals surface area contributed by atoms with Crippen molar-refractivity contribution in [2.75, 3.05) is 27.2 Å². The maximum atomic E-state index is 4.16. The number of piperidine rings is 1. The molecule has 2 nitrogen and oxygen atoms in total. The summed E-state index contributed by atoms with van der Waals surface area (Å²) in [7, 11) is 4.19. The maximum Gasteiger partial charge on any atom is 0.00869 e. The van der Waals surface area contributed by atoms with Crippen molar-refractivity contribution in [3.05, 3.63) is 12.3 Å².